The van der Waals surface area contributed by atoms with Crippen molar-refractivity contribution in [3.05, 3.63) is 23.2 Å². The second-order valence-electron chi connectivity index (χ2n) is 4.98. The molecule has 3 rings (SSSR count). The monoisotopic (exact) mass is 293 g/mol. The zero-order valence-electron chi connectivity index (χ0n) is 11.2. The Morgan fingerprint density at radius 2 is 2.20 bits per heavy atom. The molecule has 1 aliphatic rings. The normalized spacial score (nSPS) is 16.6. The molecule has 0 bridgehead atoms. The van der Waals surface area contributed by atoms with Crippen LogP contribution in [0.15, 0.2) is 22.6 Å². The second kappa shape index (κ2) is 5.32. The standard InChI is InChI=1S/C14H16ClN3O2/c1-16-13(19)9-4-6-18(7-5-9)14-17-11-8-10(15)2-3-12(11)20-14/h2-3,8-9H,4-7H2,1H3,(H,16,19). The van der Waals surface area contributed by atoms with E-state index in [0.717, 1.165) is 37.0 Å². The number of hydrogen-bond acceptors (Lipinski definition) is 4. The fraction of sp³-hybridized carbons (Fsp3) is 0.429. The lowest BCUT2D eigenvalue weighted by Crippen LogP contribution is -2.39. The van der Waals surface area contributed by atoms with Gasteiger partial charge in [-0.2, -0.15) is 4.98 Å². The average Bonchev–Trinajstić information content (AvgIpc) is 2.89. The number of oxazole rings is 1. The molecule has 1 amide bonds. The highest BCUT2D eigenvalue weighted by molar-refractivity contribution is 6.31. The summed E-state index contributed by atoms with van der Waals surface area (Å²) in [5, 5.41) is 3.35. The van der Waals surface area contributed by atoms with Gasteiger partial charge in [-0.05, 0) is 31.0 Å². The minimum Gasteiger partial charge on any atom is -0.423 e. The summed E-state index contributed by atoms with van der Waals surface area (Å²) in [7, 11) is 1.68. The number of fused-ring (bicyclic) bond motifs is 1. The first kappa shape index (κ1) is 13.2. The van der Waals surface area contributed by atoms with Crippen molar-refractivity contribution < 1.29 is 9.21 Å². The minimum absolute atomic E-state index is 0.0927. The van der Waals surface area contributed by atoms with Crippen LogP contribution in [0.4, 0.5) is 6.01 Å². The van der Waals surface area contributed by atoms with Crippen molar-refractivity contribution in [2.45, 2.75) is 12.8 Å². The molecule has 1 N–H and O–H groups in total. The van der Waals surface area contributed by atoms with Crippen molar-refractivity contribution in [1.82, 2.24) is 10.3 Å². The molecule has 0 saturated carbocycles. The van der Waals surface area contributed by atoms with Crippen LogP contribution in [0, 0.1) is 5.92 Å². The molecule has 20 heavy (non-hydrogen) atoms. The van der Waals surface area contributed by atoms with Crippen LogP contribution in [0.3, 0.4) is 0 Å². The van der Waals surface area contributed by atoms with Crippen LogP contribution in [-0.2, 0) is 4.79 Å². The number of nitrogens with zero attached hydrogens (tertiary/aromatic N) is 2. The summed E-state index contributed by atoms with van der Waals surface area (Å²) in [5.41, 5.74) is 1.50. The number of halogens is 1. The Bertz CT molecular complexity index is 632. The third-order valence-corrected chi connectivity index (χ3v) is 3.96. The summed E-state index contributed by atoms with van der Waals surface area (Å²) >= 11 is 5.94. The van der Waals surface area contributed by atoms with Crippen molar-refractivity contribution in [2.24, 2.45) is 5.92 Å². The number of amides is 1. The summed E-state index contributed by atoms with van der Waals surface area (Å²) < 4.78 is 5.74. The predicted molar refractivity (Wildman–Crippen MR) is 78.0 cm³/mol. The van der Waals surface area contributed by atoms with E-state index in [-0.39, 0.29) is 11.8 Å². The number of nitrogens with one attached hydrogen (secondary N) is 1. The number of anilines is 1. The molecule has 1 aromatic carbocycles. The van der Waals surface area contributed by atoms with E-state index in [9.17, 15) is 4.79 Å². The second-order valence-corrected chi connectivity index (χ2v) is 5.42. The van der Waals surface area contributed by atoms with Gasteiger partial charge in [-0.25, -0.2) is 0 Å². The zero-order chi connectivity index (χ0) is 14.1. The molecular weight excluding hydrogens is 278 g/mol. The Morgan fingerprint density at radius 1 is 1.45 bits per heavy atom. The summed E-state index contributed by atoms with van der Waals surface area (Å²) in [6, 6.07) is 6.01. The molecule has 0 radical (unpaired) electrons. The number of rotatable bonds is 2. The molecule has 1 aromatic heterocycles. The SMILES string of the molecule is CNC(=O)C1CCN(c2nc3cc(Cl)ccc3o2)CC1. The highest BCUT2D eigenvalue weighted by atomic mass is 35.5. The maximum absolute atomic E-state index is 11.6. The first-order chi connectivity index (χ1) is 9.67. The van der Waals surface area contributed by atoms with Gasteiger partial charge in [0.15, 0.2) is 5.58 Å². The molecular formula is C14H16ClN3O2. The molecule has 0 unspecified atom stereocenters. The lowest BCUT2D eigenvalue weighted by molar-refractivity contribution is -0.125. The molecule has 5 nitrogen and oxygen atoms in total. The first-order valence-corrected chi connectivity index (χ1v) is 7.08. The Hall–Kier alpha value is -1.75. The maximum Gasteiger partial charge on any atom is 0.298 e. The van der Waals surface area contributed by atoms with Crippen molar-refractivity contribution in [2.75, 3.05) is 25.0 Å². The Balaban J connectivity index is 1.75. The fourth-order valence-electron chi connectivity index (χ4n) is 2.56. The van der Waals surface area contributed by atoms with Crippen LogP contribution in [0.5, 0.6) is 0 Å². The van der Waals surface area contributed by atoms with Crippen LogP contribution in [0.1, 0.15) is 12.8 Å². The molecule has 1 fully saturated rings. The number of aromatic nitrogens is 1. The van der Waals surface area contributed by atoms with Gasteiger partial charge >= 0.3 is 0 Å². The lowest BCUT2D eigenvalue weighted by atomic mass is 9.96. The smallest absolute Gasteiger partial charge is 0.298 e. The van der Waals surface area contributed by atoms with Gasteiger partial charge in [-0.15, -0.1) is 0 Å². The van der Waals surface area contributed by atoms with E-state index in [1.54, 1.807) is 19.2 Å². The molecule has 6 heteroatoms. The third-order valence-electron chi connectivity index (χ3n) is 3.72. The maximum atomic E-state index is 11.6. The van der Waals surface area contributed by atoms with Crippen molar-refractivity contribution in [3.8, 4) is 0 Å². The van der Waals surface area contributed by atoms with E-state index in [1.165, 1.54) is 0 Å². The third kappa shape index (κ3) is 2.45. The predicted octanol–water partition coefficient (Wildman–Crippen LogP) is 2.44. The molecule has 106 valence electrons. The van der Waals surface area contributed by atoms with Gasteiger partial charge in [0.2, 0.25) is 5.91 Å². The summed E-state index contributed by atoms with van der Waals surface area (Å²) in [6.07, 6.45) is 1.64. The van der Waals surface area contributed by atoms with Gasteiger partial charge in [0.25, 0.3) is 6.01 Å². The van der Waals surface area contributed by atoms with Crippen LogP contribution in [0.25, 0.3) is 11.1 Å². The Kier molecular flexibility index (Phi) is 3.53. The zero-order valence-corrected chi connectivity index (χ0v) is 12.0. The number of carbonyl (C=O) groups is 1. The van der Waals surface area contributed by atoms with E-state index in [0.29, 0.717) is 11.0 Å². The van der Waals surface area contributed by atoms with E-state index in [2.05, 4.69) is 15.2 Å². The lowest BCUT2D eigenvalue weighted by Gasteiger charge is -2.29. The molecule has 0 spiro atoms. The van der Waals surface area contributed by atoms with Crippen LogP contribution >= 0.6 is 11.6 Å². The van der Waals surface area contributed by atoms with E-state index in [4.69, 9.17) is 16.0 Å². The molecule has 1 aliphatic heterocycles. The number of benzene rings is 1. The Morgan fingerprint density at radius 3 is 2.90 bits per heavy atom. The molecule has 1 saturated heterocycles. The average molecular weight is 294 g/mol. The van der Waals surface area contributed by atoms with E-state index < -0.39 is 0 Å². The van der Waals surface area contributed by atoms with Gasteiger partial charge in [0.05, 0.1) is 0 Å². The highest BCUT2D eigenvalue weighted by Crippen LogP contribution is 2.27. The van der Waals surface area contributed by atoms with Crippen molar-refractivity contribution >= 4 is 34.6 Å². The summed E-state index contributed by atoms with van der Waals surface area (Å²) in [4.78, 5) is 18.1. The van der Waals surface area contributed by atoms with Gasteiger partial charge in [-0.1, -0.05) is 11.6 Å². The van der Waals surface area contributed by atoms with Gasteiger partial charge < -0.3 is 14.6 Å². The number of carbonyl (C=O) groups excluding carboxylic acids is 1. The summed E-state index contributed by atoms with van der Waals surface area (Å²) in [6.45, 7) is 1.55. The fourth-order valence-corrected chi connectivity index (χ4v) is 2.73. The number of hydrogen-bond donors (Lipinski definition) is 1. The van der Waals surface area contributed by atoms with Gasteiger partial charge in [-0.3, -0.25) is 4.79 Å². The van der Waals surface area contributed by atoms with Crippen LogP contribution in [-0.4, -0.2) is 31.0 Å². The van der Waals surface area contributed by atoms with Crippen molar-refractivity contribution in [3.63, 3.8) is 0 Å². The van der Waals surface area contributed by atoms with Gasteiger partial charge in [0, 0.05) is 31.1 Å². The topological polar surface area (TPSA) is 58.4 Å². The highest BCUT2D eigenvalue weighted by Gasteiger charge is 2.26. The van der Waals surface area contributed by atoms with E-state index in [1.807, 2.05) is 6.07 Å². The molecule has 0 aliphatic carbocycles. The van der Waals surface area contributed by atoms with Gasteiger partial charge in [0.1, 0.15) is 5.52 Å². The molecule has 2 heterocycles. The van der Waals surface area contributed by atoms with Crippen molar-refractivity contribution in [1.29, 1.82) is 0 Å². The van der Waals surface area contributed by atoms with E-state index >= 15 is 0 Å². The summed E-state index contributed by atoms with van der Waals surface area (Å²) in [5.74, 6) is 0.212. The minimum atomic E-state index is 0.0927. The van der Waals surface area contributed by atoms with Crippen LogP contribution in [0.2, 0.25) is 5.02 Å². The Labute approximate surface area is 121 Å². The molecule has 2 aromatic rings. The largest absolute Gasteiger partial charge is 0.423 e. The number of piperidine rings is 1. The quantitative estimate of drug-likeness (QED) is 0.924. The first-order valence-electron chi connectivity index (χ1n) is 6.70. The van der Waals surface area contributed by atoms with Crippen LogP contribution < -0.4 is 10.2 Å². The molecule has 0 atom stereocenters.